The van der Waals surface area contributed by atoms with Crippen molar-refractivity contribution in [3.05, 3.63) is 65.7 Å². The highest BCUT2D eigenvalue weighted by Gasteiger charge is 2.23. The minimum atomic E-state index is -0.246. The van der Waals surface area contributed by atoms with Crippen molar-refractivity contribution in [2.75, 3.05) is 31.5 Å². The molecule has 1 fully saturated rings. The van der Waals surface area contributed by atoms with Crippen molar-refractivity contribution in [1.29, 1.82) is 0 Å². The van der Waals surface area contributed by atoms with Gasteiger partial charge in [0.05, 0.1) is 0 Å². The van der Waals surface area contributed by atoms with Crippen LogP contribution in [0.15, 0.2) is 54.6 Å². The van der Waals surface area contributed by atoms with E-state index in [4.69, 9.17) is 0 Å². The Morgan fingerprint density at radius 2 is 1.57 bits per heavy atom. The molecule has 1 heterocycles. The lowest BCUT2D eigenvalue weighted by atomic mass is 10.0. The van der Waals surface area contributed by atoms with Crippen molar-refractivity contribution in [2.45, 2.75) is 32.7 Å². The van der Waals surface area contributed by atoms with Gasteiger partial charge in [0.2, 0.25) is 11.8 Å². The van der Waals surface area contributed by atoms with Crippen LogP contribution in [0.1, 0.15) is 37.3 Å². The number of benzene rings is 2. The Hall–Kier alpha value is -2.66. The summed E-state index contributed by atoms with van der Waals surface area (Å²) in [6, 6.07) is 18.1. The Morgan fingerprint density at radius 1 is 0.929 bits per heavy atom. The summed E-state index contributed by atoms with van der Waals surface area (Å²) in [5.74, 6) is -0.0337. The summed E-state index contributed by atoms with van der Waals surface area (Å²) in [6.45, 7) is 8.07. The smallest absolute Gasteiger partial charge is 0.233 e. The Labute approximate surface area is 167 Å². The molecule has 0 aliphatic carbocycles. The number of anilines is 1. The second-order valence-electron chi connectivity index (χ2n) is 7.61. The van der Waals surface area contributed by atoms with E-state index in [1.807, 2.05) is 42.5 Å². The summed E-state index contributed by atoms with van der Waals surface area (Å²) in [5, 5.41) is 2.91. The second kappa shape index (κ2) is 9.51. The number of nitrogens with one attached hydrogen (secondary N) is 1. The van der Waals surface area contributed by atoms with Gasteiger partial charge in [0.15, 0.2) is 0 Å². The van der Waals surface area contributed by atoms with E-state index in [1.165, 1.54) is 5.56 Å². The second-order valence-corrected chi connectivity index (χ2v) is 7.61. The number of rotatable bonds is 6. The van der Waals surface area contributed by atoms with Crippen molar-refractivity contribution in [3.8, 4) is 0 Å². The molecule has 28 heavy (non-hydrogen) atoms. The lowest BCUT2D eigenvalue weighted by Crippen LogP contribution is -2.48. The molecule has 1 aliphatic rings. The van der Waals surface area contributed by atoms with Gasteiger partial charge in [0, 0.05) is 38.4 Å². The zero-order chi connectivity index (χ0) is 19.9. The van der Waals surface area contributed by atoms with Gasteiger partial charge < -0.3 is 10.2 Å². The van der Waals surface area contributed by atoms with Crippen LogP contribution >= 0.6 is 0 Å². The van der Waals surface area contributed by atoms with Crippen LogP contribution in [-0.4, -0.2) is 47.8 Å². The molecule has 5 heteroatoms. The molecular formula is C23H29N3O2. The van der Waals surface area contributed by atoms with Crippen LogP contribution in [0.4, 0.5) is 5.69 Å². The van der Waals surface area contributed by atoms with E-state index in [0.29, 0.717) is 19.0 Å². The fourth-order valence-corrected chi connectivity index (χ4v) is 3.55. The van der Waals surface area contributed by atoms with Gasteiger partial charge in [-0.15, -0.1) is 0 Å². The number of piperazine rings is 1. The normalized spacial score (nSPS) is 14.9. The van der Waals surface area contributed by atoms with E-state index < -0.39 is 0 Å². The largest absolute Gasteiger partial charge is 0.340 e. The number of hydrogen-bond donors (Lipinski definition) is 1. The predicted molar refractivity (Wildman–Crippen MR) is 112 cm³/mol. The number of hydrogen-bond acceptors (Lipinski definition) is 3. The molecule has 2 aromatic carbocycles. The molecule has 0 aromatic heterocycles. The average Bonchev–Trinajstić information content (AvgIpc) is 2.69. The van der Waals surface area contributed by atoms with Crippen molar-refractivity contribution >= 4 is 17.5 Å². The molecule has 1 saturated heterocycles. The summed E-state index contributed by atoms with van der Waals surface area (Å²) < 4.78 is 0. The van der Waals surface area contributed by atoms with Gasteiger partial charge in [0.1, 0.15) is 6.42 Å². The molecule has 5 nitrogen and oxygen atoms in total. The van der Waals surface area contributed by atoms with Gasteiger partial charge in [0.25, 0.3) is 0 Å². The van der Waals surface area contributed by atoms with Crippen molar-refractivity contribution in [2.24, 2.45) is 0 Å². The van der Waals surface area contributed by atoms with Crippen LogP contribution < -0.4 is 5.32 Å². The molecule has 2 amide bonds. The number of carbonyl (C=O) groups is 2. The Kier molecular flexibility index (Phi) is 6.82. The molecule has 0 radical (unpaired) electrons. The molecule has 148 valence electrons. The van der Waals surface area contributed by atoms with Gasteiger partial charge in [-0.3, -0.25) is 14.5 Å². The molecule has 0 atom stereocenters. The van der Waals surface area contributed by atoms with E-state index in [1.54, 1.807) is 4.90 Å². The maximum absolute atomic E-state index is 12.5. The van der Waals surface area contributed by atoms with Crippen molar-refractivity contribution in [1.82, 2.24) is 9.80 Å². The number of para-hydroxylation sites is 1. The van der Waals surface area contributed by atoms with Crippen LogP contribution in [0.2, 0.25) is 0 Å². The highest BCUT2D eigenvalue weighted by molar-refractivity contribution is 6.03. The van der Waals surface area contributed by atoms with E-state index >= 15 is 0 Å². The summed E-state index contributed by atoms with van der Waals surface area (Å²) in [6.07, 6.45) is -0.106. The predicted octanol–water partition coefficient (Wildman–Crippen LogP) is 3.48. The molecule has 2 aromatic rings. The fourth-order valence-electron chi connectivity index (χ4n) is 3.55. The third-order valence-corrected chi connectivity index (χ3v) is 5.14. The standard InChI is InChI=1S/C23H29N3O2/c1-18(2)20-10-6-7-11-21(20)24-22(27)16-23(28)26-14-12-25(13-15-26)17-19-8-4-3-5-9-19/h3-11,18H,12-17H2,1-2H3,(H,24,27). The maximum Gasteiger partial charge on any atom is 0.233 e. The summed E-state index contributed by atoms with van der Waals surface area (Å²) in [4.78, 5) is 29.1. The lowest BCUT2D eigenvalue weighted by Gasteiger charge is -2.34. The molecule has 1 N–H and O–H groups in total. The first kappa shape index (κ1) is 20.1. The first-order valence-corrected chi connectivity index (χ1v) is 9.96. The first-order valence-electron chi connectivity index (χ1n) is 9.96. The zero-order valence-electron chi connectivity index (χ0n) is 16.7. The summed E-state index contributed by atoms with van der Waals surface area (Å²) >= 11 is 0. The van der Waals surface area contributed by atoms with E-state index in [0.717, 1.165) is 30.9 Å². The number of amides is 2. The third kappa shape index (κ3) is 5.42. The zero-order valence-corrected chi connectivity index (χ0v) is 16.7. The lowest BCUT2D eigenvalue weighted by molar-refractivity contribution is -0.136. The third-order valence-electron chi connectivity index (χ3n) is 5.14. The molecule has 1 aliphatic heterocycles. The highest BCUT2D eigenvalue weighted by atomic mass is 16.2. The van der Waals surface area contributed by atoms with Gasteiger partial charge in [-0.2, -0.15) is 0 Å². The maximum atomic E-state index is 12.5. The Bertz CT molecular complexity index is 797. The molecule has 0 unspecified atom stereocenters. The van der Waals surface area contributed by atoms with Gasteiger partial charge in [-0.1, -0.05) is 62.4 Å². The van der Waals surface area contributed by atoms with E-state index in [-0.39, 0.29) is 18.2 Å². The molecule has 3 rings (SSSR count). The Morgan fingerprint density at radius 3 is 2.25 bits per heavy atom. The monoisotopic (exact) mass is 379 g/mol. The topological polar surface area (TPSA) is 52.7 Å². The van der Waals surface area contributed by atoms with Gasteiger partial charge >= 0.3 is 0 Å². The van der Waals surface area contributed by atoms with E-state index in [2.05, 4.69) is 36.2 Å². The molecule has 0 saturated carbocycles. The van der Waals surface area contributed by atoms with Crippen LogP contribution in [-0.2, 0) is 16.1 Å². The Balaban J connectivity index is 1.47. The molecular weight excluding hydrogens is 350 g/mol. The fraction of sp³-hybridized carbons (Fsp3) is 0.391. The van der Waals surface area contributed by atoms with Gasteiger partial charge in [-0.05, 0) is 23.1 Å². The van der Waals surface area contributed by atoms with Crippen molar-refractivity contribution in [3.63, 3.8) is 0 Å². The number of nitrogens with zero attached hydrogens (tertiary/aromatic N) is 2. The minimum Gasteiger partial charge on any atom is -0.340 e. The van der Waals surface area contributed by atoms with E-state index in [9.17, 15) is 9.59 Å². The van der Waals surface area contributed by atoms with Crippen LogP contribution in [0, 0.1) is 0 Å². The van der Waals surface area contributed by atoms with Crippen LogP contribution in [0.5, 0.6) is 0 Å². The molecule has 0 spiro atoms. The van der Waals surface area contributed by atoms with Gasteiger partial charge in [-0.25, -0.2) is 0 Å². The van der Waals surface area contributed by atoms with Crippen LogP contribution in [0.25, 0.3) is 0 Å². The summed E-state index contributed by atoms with van der Waals surface area (Å²) in [5.41, 5.74) is 3.16. The highest BCUT2D eigenvalue weighted by Crippen LogP contribution is 2.23. The van der Waals surface area contributed by atoms with Crippen LogP contribution in [0.3, 0.4) is 0 Å². The number of carbonyl (C=O) groups excluding carboxylic acids is 2. The quantitative estimate of drug-likeness (QED) is 0.782. The average molecular weight is 380 g/mol. The first-order chi connectivity index (χ1) is 13.5. The molecule has 0 bridgehead atoms. The van der Waals surface area contributed by atoms with Crippen molar-refractivity contribution < 1.29 is 9.59 Å². The minimum absolute atomic E-state index is 0.0983. The summed E-state index contributed by atoms with van der Waals surface area (Å²) in [7, 11) is 0. The SMILES string of the molecule is CC(C)c1ccccc1NC(=O)CC(=O)N1CCN(Cc2ccccc2)CC1.